The van der Waals surface area contributed by atoms with E-state index < -0.39 is 6.29 Å². The first-order valence-corrected chi connectivity index (χ1v) is 23.5. The predicted octanol–water partition coefficient (Wildman–Crippen LogP) is 16.2. The second kappa shape index (κ2) is 13.7. The molecule has 1 atom stereocenters. The van der Waals surface area contributed by atoms with Crippen LogP contribution in [0.25, 0.3) is 119 Å². The molecule has 0 saturated heterocycles. The highest BCUT2D eigenvalue weighted by Gasteiger charge is 2.33. The van der Waals surface area contributed by atoms with Crippen LogP contribution in [0.2, 0.25) is 0 Å². The Morgan fingerprint density at radius 3 is 1.70 bits per heavy atom. The summed E-state index contributed by atoms with van der Waals surface area (Å²) in [6.45, 7) is 0. The molecule has 0 fully saturated rings. The SMILES string of the molecule is CN1C(c2ccc3c(c2)oc2ccccc23)=NC(c2ccc3c(c2)oc2ccccc23)=NC1n1c2c(-c3cccc4c3sc3ccccc34)cccc2c2c3ccccc3c3ccccc3c21. The third-order valence-electron chi connectivity index (χ3n) is 14.0. The van der Waals surface area contributed by atoms with Gasteiger partial charge in [-0.25, -0.2) is 9.98 Å². The number of amidine groups is 2. The van der Waals surface area contributed by atoms with Gasteiger partial charge in [-0.05, 0) is 58.6 Å². The normalized spacial score (nSPS) is 14.6. The molecule has 67 heavy (non-hydrogen) atoms. The van der Waals surface area contributed by atoms with Crippen molar-refractivity contribution in [2.45, 2.75) is 6.29 Å². The van der Waals surface area contributed by atoms with E-state index in [1.807, 2.05) is 35.6 Å². The summed E-state index contributed by atoms with van der Waals surface area (Å²) in [7, 11) is 2.13. The van der Waals surface area contributed by atoms with Crippen LogP contribution in [0.5, 0.6) is 0 Å². The van der Waals surface area contributed by atoms with E-state index in [0.29, 0.717) is 5.84 Å². The summed E-state index contributed by atoms with van der Waals surface area (Å²) < 4.78 is 18.1. The van der Waals surface area contributed by atoms with Gasteiger partial charge in [0.15, 0.2) is 5.84 Å². The van der Waals surface area contributed by atoms with Crippen molar-refractivity contribution in [2.24, 2.45) is 9.98 Å². The summed E-state index contributed by atoms with van der Waals surface area (Å²) in [5, 5.41) is 14.0. The quantitative estimate of drug-likeness (QED) is 0.166. The van der Waals surface area contributed by atoms with E-state index in [-0.39, 0.29) is 0 Å². The molecule has 0 N–H and O–H groups in total. The van der Waals surface area contributed by atoms with Crippen molar-refractivity contribution in [3.63, 3.8) is 0 Å². The van der Waals surface area contributed by atoms with Crippen molar-refractivity contribution in [3.8, 4) is 11.1 Å². The van der Waals surface area contributed by atoms with E-state index >= 15 is 0 Å². The van der Waals surface area contributed by atoms with Gasteiger partial charge in [-0.3, -0.25) is 4.57 Å². The molecule has 0 spiro atoms. The highest BCUT2D eigenvalue weighted by atomic mass is 32.1. The molecule has 7 heteroatoms. The van der Waals surface area contributed by atoms with Crippen molar-refractivity contribution in [2.75, 3.05) is 7.05 Å². The van der Waals surface area contributed by atoms with Crippen molar-refractivity contribution in [1.82, 2.24) is 9.47 Å². The Kier molecular flexibility index (Phi) is 7.55. The molecule has 5 heterocycles. The minimum Gasteiger partial charge on any atom is -0.456 e. The number of rotatable bonds is 4. The minimum absolute atomic E-state index is 0.576. The van der Waals surface area contributed by atoms with Crippen LogP contribution >= 0.6 is 11.3 Å². The van der Waals surface area contributed by atoms with Crippen molar-refractivity contribution in [1.29, 1.82) is 0 Å². The van der Waals surface area contributed by atoms with E-state index in [0.717, 1.165) is 77.4 Å². The van der Waals surface area contributed by atoms with Crippen LogP contribution in [0.1, 0.15) is 17.4 Å². The molecular formula is C60H36N4O2S. The molecule has 0 bridgehead atoms. The molecule has 0 saturated carbocycles. The largest absolute Gasteiger partial charge is 0.456 e. The number of fused-ring (bicyclic) bond motifs is 17. The summed E-state index contributed by atoms with van der Waals surface area (Å²) in [6, 6.07) is 69.4. The van der Waals surface area contributed by atoms with Gasteiger partial charge in [0.1, 0.15) is 28.2 Å². The van der Waals surface area contributed by atoms with Crippen LogP contribution in [-0.4, -0.2) is 28.2 Å². The fraction of sp³-hybridized carbons (Fsp3) is 0.0333. The van der Waals surface area contributed by atoms with Gasteiger partial charge in [0.05, 0.1) is 11.0 Å². The van der Waals surface area contributed by atoms with E-state index in [1.54, 1.807) is 0 Å². The van der Waals surface area contributed by atoms with E-state index in [4.69, 9.17) is 18.8 Å². The van der Waals surface area contributed by atoms with Gasteiger partial charge in [-0.1, -0.05) is 152 Å². The number of nitrogens with zero attached hydrogens (tertiary/aromatic N) is 4. The lowest BCUT2D eigenvalue weighted by atomic mass is 9.95. The summed E-state index contributed by atoms with van der Waals surface area (Å²) in [4.78, 5) is 13.5. The molecule has 0 aliphatic carbocycles. The van der Waals surface area contributed by atoms with E-state index in [9.17, 15) is 0 Å². The fourth-order valence-electron chi connectivity index (χ4n) is 11.1. The predicted molar refractivity (Wildman–Crippen MR) is 280 cm³/mol. The number of hydrogen-bond acceptors (Lipinski definition) is 6. The molecule has 14 aromatic rings. The third kappa shape index (κ3) is 5.20. The Morgan fingerprint density at radius 1 is 0.433 bits per heavy atom. The molecule has 0 radical (unpaired) electrons. The zero-order valence-electron chi connectivity index (χ0n) is 36.1. The zero-order chi connectivity index (χ0) is 43.9. The number of furan rings is 2. The van der Waals surface area contributed by atoms with Crippen LogP contribution in [-0.2, 0) is 0 Å². The third-order valence-corrected chi connectivity index (χ3v) is 15.2. The van der Waals surface area contributed by atoms with Crippen molar-refractivity contribution in [3.05, 3.63) is 205 Å². The van der Waals surface area contributed by atoms with Crippen LogP contribution in [0.4, 0.5) is 0 Å². The second-order valence-electron chi connectivity index (χ2n) is 17.6. The standard InChI is InChI=1S/C60H36N4O2S/c1-63-59(35-29-31-41-39-17-7-10-26-50(39)66-52(41)33-35)61-58(34-28-30-40-38-16-6-9-25-49(38)65-51(40)32-34)62-60(63)64-55-45(47-23-13-22-46-42-18-8-11-27-53(42)67-57(46)47)21-12-24-48(55)54-43-19-4-2-14-36(43)37-15-3-5-20-44(37)56(54)64/h2-33,60H,1H3. The fourth-order valence-corrected chi connectivity index (χ4v) is 12.3. The Morgan fingerprint density at radius 2 is 0.970 bits per heavy atom. The van der Waals surface area contributed by atoms with Gasteiger partial charge in [0.2, 0.25) is 6.29 Å². The van der Waals surface area contributed by atoms with Crippen molar-refractivity contribution < 1.29 is 8.83 Å². The van der Waals surface area contributed by atoms with Crippen LogP contribution in [0.15, 0.2) is 213 Å². The zero-order valence-corrected chi connectivity index (χ0v) is 36.9. The van der Waals surface area contributed by atoms with Gasteiger partial charge < -0.3 is 13.7 Å². The average Bonchev–Trinajstić information content (AvgIpc) is 4.15. The summed E-state index contributed by atoms with van der Waals surface area (Å²) in [6.07, 6.45) is -0.576. The molecule has 1 aliphatic heterocycles. The lowest BCUT2D eigenvalue weighted by molar-refractivity contribution is 0.297. The molecule has 314 valence electrons. The minimum atomic E-state index is -0.576. The average molecular weight is 877 g/mol. The van der Waals surface area contributed by atoms with Crippen molar-refractivity contribution >= 4 is 130 Å². The Labute approximate surface area is 386 Å². The highest BCUT2D eigenvalue weighted by molar-refractivity contribution is 7.26. The Bertz CT molecular complexity index is 4510. The maximum absolute atomic E-state index is 6.51. The molecule has 0 amide bonds. The molecule has 1 aliphatic rings. The molecule has 10 aromatic carbocycles. The molecule has 6 nitrogen and oxygen atoms in total. The van der Waals surface area contributed by atoms with E-state index in [2.05, 4.69) is 186 Å². The van der Waals surface area contributed by atoms with Gasteiger partial charge in [-0.15, -0.1) is 11.3 Å². The number of aliphatic imine (C=N–C) groups is 2. The number of hydrogen-bond donors (Lipinski definition) is 0. The smallest absolute Gasteiger partial charge is 0.206 e. The lowest BCUT2D eigenvalue weighted by Gasteiger charge is -2.34. The number of thiophene rings is 1. The maximum Gasteiger partial charge on any atom is 0.206 e. The Hall–Kier alpha value is -8.52. The molecule has 15 rings (SSSR count). The van der Waals surface area contributed by atoms with Gasteiger partial charge in [0.25, 0.3) is 0 Å². The lowest BCUT2D eigenvalue weighted by Crippen LogP contribution is -2.38. The molecule has 1 unspecified atom stereocenters. The molecular weight excluding hydrogens is 841 g/mol. The summed E-state index contributed by atoms with van der Waals surface area (Å²) in [5.41, 5.74) is 9.72. The maximum atomic E-state index is 6.51. The van der Waals surface area contributed by atoms with E-state index in [1.165, 1.54) is 58.1 Å². The summed E-state index contributed by atoms with van der Waals surface area (Å²) in [5.74, 6) is 1.40. The van der Waals surface area contributed by atoms with Crippen LogP contribution in [0.3, 0.4) is 0 Å². The highest BCUT2D eigenvalue weighted by Crippen LogP contribution is 2.49. The number of aromatic nitrogens is 1. The second-order valence-corrected chi connectivity index (χ2v) is 18.7. The monoisotopic (exact) mass is 876 g/mol. The van der Waals surface area contributed by atoms with Crippen LogP contribution in [0, 0.1) is 0 Å². The van der Waals surface area contributed by atoms with Gasteiger partial charge in [0, 0.05) is 87.2 Å². The van der Waals surface area contributed by atoms with Gasteiger partial charge >= 0.3 is 0 Å². The first-order valence-electron chi connectivity index (χ1n) is 22.6. The topological polar surface area (TPSA) is 59.2 Å². The van der Waals surface area contributed by atoms with Gasteiger partial charge in [-0.2, -0.15) is 0 Å². The first kappa shape index (κ1) is 36.8. The Balaban J connectivity index is 1.06. The molecule has 4 aromatic heterocycles. The first-order chi connectivity index (χ1) is 33.1. The number of benzene rings is 10. The van der Waals surface area contributed by atoms with Crippen LogP contribution < -0.4 is 0 Å². The summed E-state index contributed by atoms with van der Waals surface area (Å²) >= 11 is 1.86. The number of para-hydroxylation sites is 3.